The lowest BCUT2D eigenvalue weighted by Gasteiger charge is -2.09. The van der Waals surface area contributed by atoms with Crippen molar-refractivity contribution < 1.29 is 4.79 Å². The van der Waals surface area contributed by atoms with E-state index in [0.29, 0.717) is 5.95 Å². The lowest BCUT2D eigenvalue weighted by Crippen LogP contribution is -2.18. The molecular weight excluding hydrogens is 242 g/mol. The second-order valence-corrected chi connectivity index (χ2v) is 4.65. The van der Waals surface area contributed by atoms with E-state index in [9.17, 15) is 4.79 Å². The van der Waals surface area contributed by atoms with E-state index in [-0.39, 0.29) is 29.1 Å². The molecule has 1 heterocycles. The van der Waals surface area contributed by atoms with Crippen LogP contribution in [-0.4, -0.2) is 26.9 Å². The molecule has 1 aromatic rings. The van der Waals surface area contributed by atoms with Gasteiger partial charge in [0.2, 0.25) is 23.1 Å². The Labute approximate surface area is 104 Å². The van der Waals surface area contributed by atoms with E-state index in [1.54, 1.807) is 0 Å². The summed E-state index contributed by atoms with van der Waals surface area (Å²) >= 11 is 5.76. The average Bonchev–Trinajstić information content (AvgIpc) is 2.97. The molecular formula is C10H14ClN5O. The molecule has 0 saturated heterocycles. The van der Waals surface area contributed by atoms with E-state index in [2.05, 4.69) is 25.6 Å². The molecule has 1 saturated carbocycles. The lowest BCUT2D eigenvalue weighted by molar-refractivity contribution is -0.117. The number of nitrogens with one attached hydrogen (secondary N) is 2. The van der Waals surface area contributed by atoms with Crippen LogP contribution in [0, 0.1) is 5.92 Å². The van der Waals surface area contributed by atoms with Crippen LogP contribution in [0.2, 0.25) is 5.28 Å². The van der Waals surface area contributed by atoms with Crippen molar-refractivity contribution in [1.29, 1.82) is 0 Å². The molecule has 92 valence electrons. The number of halogens is 1. The van der Waals surface area contributed by atoms with Gasteiger partial charge in [0.15, 0.2) is 0 Å². The molecule has 0 unspecified atom stereocenters. The highest BCUT2D eigenvalue weighted by molar-refractivity contribution is 6.28. The Morgan fingerprint density at radius 2 is 1.94 bits per heavy atom. The summed E-state index contributed by atoms with van der Waals surface area (Å²) in [6, 6.07) is 0.181. The minimum absolute atomic E-state index is 0.0530. The van der Waals surface area contributed by atoms with E-state index in [0.717, 1.165) is 12.8 Å². The topological polar surface area (TPSA) is 79.8 Å². The quantitative estimate of drug-likeness (QED) is 0.856. The molecule has 0 spiro atoms. The third-order valence-corrected chi connectivity index (χ3v) is 2.38. The van der Waals surface area contributed by atoms with Gasteiger partial charge in [0.05, 0.1) is 0 Å². The highest BCUT2D eigenvalue weighted by Gasteiger charge is 2.30. The fourth-order valence-corrected chi connectivity index (χ4v) is 1.45. The fourth-order valence-electron chi connectivity index (χ4n) is 1.29. The van der Waals surface area contributed by atoms with Gasteiger partial charge >= 0.3 is 0 Å². The van der Waals surface area contributed by atoms with Crippen LogP contribution in [-0.2, 0) is 4.79 Å². The molecule has 2 rings (SSSR count). The van der Waals surface area contributed by atoms with Crippen LogP contribution in [0.4, 0.5) is 11.9 Å². The maximum Gasteiger partial charge on any atom is 0.235 e. The van der Waals surface area contributed by atoms with Crippen molar-refractivity contribution in [2.45, 2.75) is 32.7 Å². The zero-order valence-electron chi connectivity index (χ0n) is 9.70. The first-order chi connectivity index (χ1) is 8.04. The van der Waals surface area contributed by atoms with Crippen molar-refractivity contribution in [3.05, 3.63) is 5.28 Å². The van der Waals surface area contributed by atoms with Crippen molar-refractivity contribution in [2.24, 2.45) is 5.92 Å². The van der Waals surface area contributed by atoms with Gasteiger partial charge in [-0.3, -0.25) is 10.1 Å². The first-order valence-corrected chi connectivity index (χ1v) is 5.91. The maximum atomic E-state index is 11.5. The molecule has 6 nitrogen and oxygen atoms in total. The number of aromatic nitrogens is 3. The maximum absolute atomic E-state index is 11.5. The Kier molecular flexibility index (Phi) is 3.42. The summed E-state index contributed by atoms with van der Waals surface area (Å²) in [6.07, 6.45) is 1.86. The molecule has 0 radical (unpaired) electrons. The Morgan fingerprint density at radius 1 is 1.29 bits per heavy atom. The molecule has 0 aromatic carbocycles. The Hall–Kier alpha value is -1.43. The third kappa shape index (κ3) is 3.52. The molecule has 0 bridgehead atoms. The average molecular weight is 256 g/mol. The Morgan fingerprint density at radius 3 is 2.53 bits per heavy atom. The van der Waals surface area contributed by atoms with Gasteiger partial charge in [0.25, 0.3) is 0 Å². The molecule has 17 heavy (non-hydrogen) atoms. The third-order valence-electron chi connectivity index (χ3n) is 2.21. The SMILES string of the molecule is CC(C)Nc1nc(Cl)nc(NC(=O)C2CC2)n1. The van der Waals surface area contributed by atoms with Gasteiger partial charge < -0.3 is 5.32 Å². The second kappa shape index (κ2) is 4.83. The summed E-state index contributed by atoms with van der Waals surface area (Å²) in [6.45, 7) is 3.92. The zero-order chi connectivity index (χ0) is 12.4. The predicted octanol–water partition coefficient (Wildman–Crippen LogP) is 1.69. The first-order valence-electron chi connectivity index (χ1n) is 5.53. The van der Waals surface area contributed by atoms with Crippen LogP contribution in [0.25, 0.3) is 0 Å². The van der Waals surface area contributed by atoms with Crippen LogP contribution in [0.3, 0.4) is 0 Å². The van der Waals surface area contributed by atoms with E-state index in [1.807, 2.05) is 13.8 Å². The summed E-state index contributed by atoms with van der Waals surface area (Å²) in [4.78, 5) is 23.4. The lowest BCUT2D eigenvalue weighted by atomic mass is 10.4. The van der Waals surface area contributed by atoms with Gasteiger partial charge in [0, 0.05) is 12.0 Å². The number of nitrogens with zero attached hydrogens (tertiary/aromatic N) is 3. The van der Waals surface area contributed by atoms with Gasteiger partial charge in [0.1, 0.15) is 0 Å². The standard InChI is InChI=1S/C10H14ClN5O/c1-5(2)12-9-14-8(11)15-10(16-9)13-7(17)6-3-4-6/h5-6H,3-4H2,1-2H3,(H2,12,13,14,15,16,17). The van der Waals surface area contributed by atoms with Crippen molar-refractivity contribution in [1.82, 2.24) is 15.0 Å². The Balaban J connectivity index is 2.10. The molecule has 1 aromatic heterocycles. The molecule has 1 fully saturated rings. The number of hydrogen-bond acceptors (Lipinski definition) is 5. The summed E-state index contributed by atoms with van der Waals surface area (Å²) in [7, 11) is 0. The summed E-state index contributed by atoms with van der Waals surface area (Å²) in [5.41, 5.74) is 0. The van der Waals surface area contributed by atoms with Gasteiger partial charge in [-0.05, 0) is 38.3 Å². The minimum atomic E-state index is -0.0530. The number of carbonyl (C=O) groups excluding carboxylic acids is 1. The second-order valence-electron chi connectivity index (χ2n) is 4.31. The van der Waals surface area contributed by atoms with E-state index in [4.69, 9.17) is 11.6 Å². The molecule has 0 atom stereocenters. The number of hydrogen-bond donors (Lipinski definition) is 2. The fraction of sp³-hybridized carbons (Fsp3) is 0.600. The van der Waals surface area contributed by atoms with Gasteiger partial charge in [-0.2, -0.15) is 15.0 Å². The van der Waals surface area contributed by atoms with Crippen molar-refractivity contribution in [3.63, 3.8) is 0 Å². The highest BCUT2D eigenvalue weighted by atomic mass is 35.5. The van der Waals surface area contributed by atoms with Crippen LogP contribution < -0.4 is 10.6 Å². The van der Waals surface area contributed by atoms with Crippen LogP contribution in [0.1, 0.15) is 26.7 Å². The predicted molar refractivity (Wildman–Crippen MR) is 64.9 cm³/mol. The largest absolute Gasteiger partial charge is 0.352 e. The van der Waals surface area contributed by atoms with Gasteiger partial charge in [-0.1, -0.05) is 0 Å². The number of rotatable bonds is 4. The van der Waals surface area contributed by atoms with E-state index in [1.165, 1.54) is 0 Å². The van der Waals surface area contributed by atoms with Crippen molar-refractivity contribution in [2.75, 3.05) is 10.6 Å². The first kappa shape index (κ1) is 12.0. The molecule has 1 aliphatic rings. The molecule has 1 aliphatic carbocycles. The number of carbonyl (C=O) groups is 1. The van der Waals surface area contributed by atoms with E-state index >= 15 is 0 Å². The van der Waals surface area contributed by atoms with Crippen LogP contribution in [0.15, 0.2) is 0 Å². The smallest absolute Gasteiger partial charge is 0.235 e. The molecule has 7 heteroatoms. The van der Waals surface area contributed by atoms with Gasteiger partial charge in [-0.25, -0.2) is 0 Å². The molecule has 0 aliphatic heterocycles. The van der Waals surface area contributed by atoms with E-state index < -0.39 is 0 Å². The van der Waals surface area contributed by atoms with Crippen LogP contribution >= 0.6 is 11.6 Å². The number of anilines is 2. The number of amides is 1. The van der Waals surface area contributed by atoms with Gasteiger partial charge in [-0.15, -0.1) is 0 Å². The zero-order valence-corrected chi connectivity index (χ0v) is 10.5. The molecule has 2 N–H and O–H groups in total. The summed E-state index contributed by atoms with van der Waals surface area (Å²) in [5, 5.41) is 5.70. The molecule has 1 amide bonds. The van der Waals surface area contributed by atoms with Crippen LogP contribution in [0.5, 0.6) is 0 Å². The normalized spacial score (nSPS) is 14.8. The highest BCUT2D eigenvalue weighted by Crippen LogP contribution is 2.29. The Bertz CT molecular complexity index is 433. The monoisotopic (exact) mass is 255 g/mol. The van der Waals surface area contributed by atoms with Crippen molar-refractivity contribution in [3.8, 4) is 0 Å². The summed E-state index contributed by atoms with van der Waals surface area (Å²) < 4.78 is 0. The van der Waals surface area contributed by atoms with Crippen molar-refractivity contribution >= 4 is 29.4 Å². The summed E-state index contributed by atoms with van der Waals surface area (Å²) in [5.74, 6) is 0.617. The minimum Gasteiger partial charge on any atom is -0.352 e.